The van der Waals surface area contributed by atoms with Crippen molar-refractivity contribution in [2.24, 2.45) is 5.92 Å². The number of rotatable bonds is 5. The number of anilines is 1. The molecule has 0 aliphatic carbocycles. The van der Waals surface area contributed by atoms with E-state index in [4.69, 9.17) is 0 Å². The Hall–Kier alpha value is -2.62. The molecule has 3 rings (SSSR count). The molecule has 1 aliphatic heterocycles. The van der Waals surface area contributed by atoms with E-state index in [0.717, 1.165) is 11.3 Å². The highest BCUT2D eigenvalue weighted by atomic mass is 16.2. The lowest BCUT2D eigenvalue weighted by atomic mass is 10.1. The van der Waals surface area contributed by atoms with E-state index in [1.165, 1.54) is 0 Å². The van der Waals surface area contributed by atoms with Crippen LogP contribution in [-0.4, -0.2) is 24.9 Å². The third kappa shape index (κ3) is 3.97. The van der Waals surface area contributed by atoms with Crippen LogP contribution < -0.4 is 10.2 Å². The van der Waals surface area contributed by atoms with E-state index < -0.39 is 0 Å². The predicted molar refractivity (Wildman–Crippen MR) is 90.1 cm³/mol. The Kier molecular flexibility index (Phi) is 4.71. The van der Waals surface area contributed by atoms with Crippen LogP contribution in [0.5, 0.6) is 0 Å². The smallest absolute Gasteiger partial charge is 0.227 e. The van der Waals surface area contributed by atoms with Gasteiger partial charge in [-0.15, -0.1) is 0 Å². The average molecular weight is 308 g/mol. The van der Waals surface area contributed by atoms with Gasteiger partial charge in [-0.3, -0.25) is 9.59 Å². The number of carbonyl (C=O) groups excluding carboxylic acids is 2. The first-order valence-corrected chi connectivity index (χ1v) is 7.88. The maximum Gasteiger partial charge on any atom is 0.227 e. The number of benzene rings is 2. The number of amides is 2. The molecule has 1 unspecified atom stereocenters. The zero-order chi connectivity index (χ0) is 16.1. The minimum absolute atomic E-state index is 0.00168. The minimum atomic E-state index is 0.00168. The molecule has 1 saturated heterocycles. The lowest BCUT2D eigenvalue weighted by Crippen LogP contribution is -2.32. The molecule has 0 saturated carbocycles. The maximum absolute atomic E-state index is 12.1. The summed E-state index contributed by atoms with van der Waals surface area (Å²) < 4.78 is 0. The zero-order valence-corrected chi connectivity index (χ0v) is 12.9. The highest BCUT2D eigenvalue weighted by molar-refractivity contribution is 5.95. The maximum atomic E-state index is 12.1. The van der Waals surface area contributed by atoms with Crippen LogP contribution in [0.3, 0.4) is 0 Å². The summed E-state index contributed by atoms with van der Waals surface area (Å²) in [6.07, 6.45) is 0.865. The van der Waals surface area contributed by atoms with Gasteiger partial charge in [-0.2, -0.15) is 0 Å². The number of nitrogens with zero attached hydrogens (tertiary/aromatic N) is 1. The van der Waals surface area contributed by atoms with E-state index in [9.17, 15) is 9.59 Å². The lowest BCUT2D eigenvalue weighted by Gasteiger charge is -2.16. The molecule has 2 aromatic carbocycles. The Morgan fingerprint density at radius 1 is 1.04 bits per heavy atom. The van der Waals surface area contributed by atoms with Crippen LogP contribution in [-0.2, 0) is 16.0 Å². The molecule has 2 amide bonds. The van der Waals surface area contributed by atoms with Crippen molar-refractivity contribution in [3.8, 4) is 0 Å². The van der Waals surface area contributed by atoms with Gasteiger partial charge in [-0.05, 0) is 17.7 Å². The molecule has 0 aromatic heterocycles. The molecule has 4 nitrogen and oxygen atoms in total. The predicted octanol–water partition coefficient (Wildman–Crippen LogP) is 2.40. The van der Waals surface area contributed by atoms with Gasteiger partial charge < -0.3 is 10.2 Å². The Bertz CT molecular complexity index is 670. The molecule has 23 heavy (non-hydrogen) atoms. The Morgan fingerprint density at radius 2 is 1.70 bits per heavy atom. The summed E-state index contributed by atoms with van der Waals surface area (Å²) in [4.78, 5) is 25.9. The van der Waals surface area contributed by atoms with Crippen LogP contribution in [0.1, 0.15) is 12.0 Å². The van der Waals surface area contributed by atoms with E-state index in [0.29, 0.717) is 25.9 Å². The van der Waals surface area contributed by atoms with Crippen molar-refractivity contribution in [3.63, 3.8) is 0 Å². The molecule has 118 valence electrons. The molecule has 1 N–H and O–H groups in total. The largest absolute Gasteiger partial charge is 0.355 e. The summed E-state index contributed by atoms with van der Waals surface area (Å²) in [5.74, 6) is 0.294. The van der Waals surface area contributed by atoms with E-state index in [1.54, 1.807) is 4.90 Å². The second-order valence-corrected chi connectivity index (χ2v) is 5.88. The summed E-state index contributed by atoms with van der Waals surface area (Å²) >= 11 is 0. The number of hydrogen-bond donors (Lipinski definition) is 1. The first kappa shape index (κ1) is 15.3. The first-order valence-electron chi connectivity index (χ1n) is 7.88. The van der Waals surface area contributed by atoms with Crippen molar-refractivity contribution in [3.05, 3.63) is 66.2 Å². The third-order valence-electron chi connectivity index (χ3n) is 4.07. The summed E-state index contributed by atoms with van der Waals surface area (Å²) in [5.41, 5.74) is 1.93. The summed E-state index contributed by atoms with van der Waals surface area (Å²) in [7, 11) is 0. The topological polar surface area (TPSA) is 49.4 Å². The third-order valence-corrected chi connectivity index (χ3v) is 4.07. The fraction of sp³-hybridized carbons (Fsp3) is 0.263. The van der Waals surface area contributed by atoms with Gasteiger partial charge in [0.05, 0.1) is 6.42 Å². The second kappa shape index (κ2) is 7.09. The first-order chi connectivity index (χ1) is 11.2. The molecule has 4 heteroatoms. The number of hydrogen-bond acceptors (Lipinski definition) is 2. The van der Waals surface area contributed by atoms with Crippen molar-refractivity contribution in [1.29, 1.82) is 0 Å². The van der Waals surface area contributed by atoms with Crippen molar-refractivity contribution in [2.75, 3.05) is 18.0 Å². The quantitative estimate of drug-likeness (QED) is 0.922. The molecule has 0 bridgehead atoms. The van der Waals surface area contributed by atoms with E-state index in [2.05, 4.69) is 5.32 Å². The van der Waals surface area contributed by atoms with Gasteiger partial charge >= 0.3 is 0 Å². The van der Waals surface area contributed by atoms with E-state index in [-0.39, 0.29) is 17.7 Å². The number of nitrogens with one attached hydrogen (secondary N) is 1. The van der Waals surface area contributed by atoms with Crippen molar-refractivity contribution in [2.45, 2.75) is 12.8 Å². The zero-order valence-electron chi connectivity index (χ0n) is 12.9. The number of carbonyl (C=O) groups is 2. The average Bonchev–Trinajstić information content (AvgIpc) is 2.96. The Labute approximate surface area is 136 Å². The minimum Gasteiger partial charge on any atom is -0.355 e. The van der Waals surface area contributed by atoms with Gasteiger partial charge in [-0.1, -0.05) is 48.5 Å². The van der Waals surface area contributed by atoms with Crippen molar-refractivity contribution >= 4 is 17.5 Å². The lowest BCUT2D eigenvalue weighted by molar-refractivity contribution is -0.121. The van der Waals surface area contributed by atoms with Crippen LogP contribution in [0.2, 0.25) is 0 Å². The molecule has 0 spiro atoms. The molecular weight excluding hydrogens is 288 g/mol. The highest BCUT2D eigenvalue weighted by Crippen LogP contribution is 2.24. The molecule has 1 aliphatic rings. The Morgan fingerprint density at radius 3 is 2.39 bits per heavy atom. The summed E-state index contributed by atoms with van der Waals surface area (Å²) in [6.45, 7) is 1.20. The standard InChI is InChI=1S/C19H20N2O2/c22-18(11-15-7-3-1-4-8-15)20-13-16-12-19(23)21(14-16)17-9-5-2-6-10-17/h1-10,16H,11-14H2,(H,20,22). The van der Waals surface area contributed by atoms with Crippen LogP contribution in [0.4, 0.5) is 5.69 Å². The van der Waals surface area contributed by atoms with Gasteiger partial charge in [0.15, 0.2) is 0 Å². The summed E-state index contributed by atoms with van der Waals surface area (Å²) in [6, 6.07) is 19.3. The normalized spacial score (nSPS) is 17.3. The SMILES string of the molecule is O=C(Cc1ccccc1)NCC1CC(=O)N(c2ccccc2)C1. The van der Waals surface area contributed by atoms with Gasteiger partial charge in [0, 0.05) is 31.1 Å². The molecule has 2 aromatic rings. The highest BCUT2D eigenvalue weighted by Gasteiger charge is 2.30. The van der Waals surface area contributed by atoms with Gasteiger partial charge in [0.25, 0.3) is 0 Å². The Balaban J connectivity index is 1.50. The summed E-state index contributed by atoms with van der Waals surface area (Å²) in [5, 5.41) is 2.95. The van der Waals surface area contributed by atoms with Crippen LogP contribution in [0, 0.1) is 5.92 Å². The molecule has 0 radical (unpaired) electrons. The van der Waals surface area contributed by atoms with E-state index >= 15 is 0 Å². The van der Waals surface area contributed by atoms with Crippen LogP contribution in [0.25, 0.3) is 0 Å². The van der Waals surface area contributed by atoms with E-state index in [1.807, 2.05) is 60.7 Å². The van der Waals surface area contributed by atoms with Crippen molar-refractivity contribution in [1.82, 2.24) is 5.32 Å². The van der Waals surface area contributed by atoms with Crippen LogP contribution >= 0.6 is 0 Å². The van der Waals surface area contributed by atoms with Gasteiger partial charge in [0.2, 0.25) is 11.8 Å². The van der Waals surface area contributed by atoms with Crippen molar-refractivity contribution < 1.29 is 9.59 Å². The van der Waals surface area contributed by atoms with Crippen LogP contribution in [0.15, 0.2) is 60.7 Å². The fourth-order valence-corrected chi connectivity index (χ4v) is 2.88. The van der Waals surface area contributed by atoms with Gasteiger partial charge in [0.1, 0.15) is 0 Å². The molecule has 1 fully saturated rings. The van der Waals surface area contributed by atoms with Gasteiger partial charge in [-0.25, -0.2) is 0 Å². The molecular formula is C19H20N2O2. The fourth-order valence-electron chi connectivity index (χ4n) is 2.88. The number of para-hydroxylation sites is 1. The monoisotopic (exact) mass is 308 g/mol. The molecule has 1 atom stereocenters. The second-order valence-electron chi connectivity index (χ2n) is 5.88. The molecule has 1 heterocycles.